The minimum atomic E-state index is -6.68. The predicted molar refractivity (Wildman–Crippen MR) is 84.3 cm³/mol. The van der Waals surface area contributed by atoms with Crippen molar-refractivity contribution >= 4 is 22.0 Å². The Morgan fingerprint density at radius 1 is 0.900 bits per heavy atom. The fourth-order valence-electron chi connectivity index (χ4n) is 2.54. The highest BCUT2D eigenvalue weighted by atomic mass is 32.2. The van der Waals surface area contributed by atoms with Crippen LogP contribution in [0.2, 0.25) is 0 Å². The third-order valence-corrected chi connectivity index (χ3v) is 4.69. The number of carbonyl (C=O) groups is 1. The Balaban J connectivity index is 3.05. The van der Waals surface area contributed by atoms with Crippen LogP contribution in [0, 0.1) is 11.6 Å². The van der Waals surface area contributed by atoms with Crippen LogP contribution in [-0.2, 0) is 22.5 Å². The summed E-state index contributed by atoms with van der Waals surface area (Å²) in [6.07, 6.45) is -11.1. The minimum Gasteiger partial charge on any atom is -0.744 e. The summed E-state index contributed by atoms with van der Waals surface area (Å²) in [4.78, 5) is 9.15. The van der Waals surface area contributed by atoms with Gasteiger partial charge < -0.3 is 4.55 Å². The molecule has 2 rings (SSSR count). The number of alkyl halides is 6. The molecule has 13 heteroatoms. The number of hydrogen-bond donors (Lipinski definition) is 0. The summed E-state index contributed by atoms with van der Waals surface area (Å²) in [5.74, 6) is -7.85. The van der Waals surface area contributed by atoms with Crippen LogP contribution in [-0.4, -0.2) is 18.8 Å². The summed E-state index contributed by atoms with van der Waals surface area (Å²) < 4.78 is 142. The van der Waals surface area contributed by atoms with Gasteiger partial charge in [-0.3, -0.25) is 4.79 Å². The molecular formula is C17H7F8O4S-. The van der Waals surface area contributed by atoms with Crippen molar-refractivity contribution in [1.29, 1.82) is 0 Å². The summed E-state index contributed by atoms with van der Waals surface area (Å²) in [6, 6.07) is 3.94. The van der Waals surface area contributed by atoms with Crippen molar-refractivity contribution in [2.24, 2.45) is 0 Å². The zero-order valence-corrected chi connectivity index (χ0v) is 15.0. The van der Waals surface area contributed by atoms with Gasteiger partial charge in [0.1, 0.15) is 21.2 Å². The van der Waals surface area contributed by atoms with Crippen molar-refractivity contribution in [3.05, 3.63) is 70.3 Å². The maximum absolute atomic E-state index is 14.5. The van der Waals surface area contributed by atoms with Crippen LogP contribution in [0.1, 0.15) is 32.6 Å². The van der Waals surface area contributed by atoms with Gasteiger partial charge in [-0.2, -0.15) is 26.3 Å². The lowest BCUT2D eigenvalue weighted by molar-refractivity contribution is -0.150. The average molecular weight is 459 g/mol. The summed E-state index contributed by atoms with van der Waals surface area (Å²) in [7, 11) is -6.68. The maximum atomic E-state index is 14.5. The van der Waals surface area contributed by atoms with E-state index in [-0.39, 0.29) is 0 Å². The van der Waals surface area contributed by atoms with E-state index in [1.165, 1.54) is 6.08 Å². The Morgan fingerprint density at radius 3 is 1.60 bits per heavy atom. The summed E-state index contributed by atoms with van der Waals surface area (Å²) >= 11 is 0. The Bertz CT molecular complexity index is 1090. The highest BCUT2D eigenvalue weighted by molar-refractivity contribution is 7.85. The van der Waals surface area contributed by atoms with Crippen LogP contribution in [0.15, 0.2) is 35.7 Å². The standard InChI is InChI=1S/C17H8F8O4S/c1-2-7-3-5-8(6-4-7)14(26)9-12(18)10(16(20,21)22)15(30(27,28)29)11(13(9)19)17(23,24)25/h2-6H,1H2,(H,27,28,29)/p-1. The van der Waals surface area contributed by atoms with Crippen molar-refractivity contribution in [3.63, 3.8) is 0 Å². The minimum absolute atomic E-state index is 0.354. The third kappa shape index (κ3) is 4.21. The van der Waals surface area contributed by atoms with E-state index in [4.69, 9.17) is 0 Å². The van der Waals surface area contributed by atoms with Crippen LogP contribution in [0.4, 0.5) is 35.1 Å². The van der Waals surface area contributed by atoms with Gasteiger partial charge in [0, 0.05) is 5.56 Å². The zero-order chi connectivity index (χ0) is 23.2. The van der Waals surface area contributed by atoms with E-state index >= 15 is 0 Å². The molecule has 0 fully saturated rings. The molecule has 30 heavy (non-hydrogen) atoms. The second-order valence-corrected chi connectivity index (χ2v) is 7.00. The Morgan fingerprint density at radius 2 is 1.30 bits per heavy atom. The van der Waals surface area contributed by atoms with Gasteiger partial charge >= 0.3 is 12.4 Å². The summed E-state index contributed by atoms with van der Waals surface area (Å²) in [5, 5.41) is 0. The second-order valence-electron chi connectivity index (χ2n) is 5.69. The quantitative estimate of drug-likeness (QED) is 0.375. The lowest BCUT2D eigenvalue weighted by atomic mass is 9.95. The summed E-state index contributed by atoms with van der Waals surface area (Å²) in [5.41, 5.74) is -9.09. The fraction of sp³-hybridized carbons (Fsp3) is 0.118. The Kier molecular flexibility index (Phi) is 5.84. The highest BCUT2D eigenvalue weighted by Gasteiger charge is 2.50. The number of hydrogen-bond acceptors (Lipinski definition) is 4. The van der Waals surface area contributed by atoms with Gasteiger partial charge in [0.2, 0.25) is 0 Å². The molecule has 0 aromatic heterocycles. The molecule has 0 amide bonds. The molecule has 0 aliphatic heterocycles. The maximum Gasteiger partial charge on any atom is 0.420 e. The SMILES string of the molecule is C=Cc1ccc(C(=O)c2c(F)c(C(F)(F)F)c(S(=O)(=O)[O-])c(C(F)(F)F)c2F)cc1. The highest BCUT2D eigenvalue weighted by Crippen LogP contribution is 2.46. The van der Waals surface area contributed by atoms with E-state index in [0.29, 0.717) is 5.56 Å². The molecule has 0 saturated heterocycles. The molecule has 2 aromatic carbocycles. The molecule has 0 heterocycles. The lowest BCUT2D eigenvalue weighted by Gasteiger charge is -2.23. The molecule has 0 aliphatic carbocycles. The van der Waals surface area contributed by atoms with Crippen LogP contribution < -0.4 is 0 Å². The molecule has 0 bridgehead atoms. The van der Waals surface area contributed by atoms with E-state index in [9.17, 15) is 52.9 Å². The Hall–Kier alpha value is -2.80. The first-order chi connectivity index (χ1) is 13.5. The molecule has 2 aromatic rings. The monoisotopic (exact) mass is 459 g/mol. The van der Waals surface area contributed by atoms with Crippen molar-refractivity contribution in [1.82, 2.24) is 0 Å². The fourth-order valence-corrected chi connectivity index (χ4v) is 3.45. The predicted octanol–water partition coefficient (Wildman–Crippen LogP) is 4.78. The smallest absolute Gasteiger partial charge is 0.420 e. The molecule has 0 unspecified atom stereocenters. The zero-order valence-electron chi connectivity index (χ0n) is 14.2. The van der Waals surface area contributed by atoms with E-state index in [0.717, 1.165) is 24.3 Å². The lowest BCUT2D eigenvalue weighted by Crippen LogP contribution is -2.26. The van der Waals surface area contributed by atoms with Gasteiger partial charge in [-0.15, -0.1) is 0 Å². The largest absolute Gasteiger partial charge is 0.744 e. The van der Waals surface area contributed by atoms with Crippen LogP contribution >= 0.6 is 0 Å². The van der Waals surface area contributed by atoms with Crippen LogP contribution in [0.3, 0.4) is 0 Å². The molecule has 0 radical (unpaired) electrons. The van der Waals surface area contributed by atoms with Crippen molar-refractivity contribution < 1.29 is 52.9 Å². The number of benzene rings is 2. The normalized spacial score (nSPS) is 12.7. The van der Waals surface area contributed by atoms with Crippen molar-refractivity contribution in [3.8, 4) is 0 Å². The van der Waals surface area contributed by atoms with Gasteiger partial charge in [-0.1, -0.05) is 36.9 Å². The van der Waals surface area contributed by atoms with E-state index < -0.39 is 67.0 Å². The van der Waals surface area contributed by atoms with Gasteiger partial charge in [0.05, 0.1) is 10.5 Å². The van der Waals surface area contributed by atoms with E-state index in [1.54, 1.807) is 0 Å². The second kappa shape index (κ2) is 7.47. The first-order valence-corrected chi connectivity index (χ1v) is 8.85. The van der Waals surface area contributed by atoms with Crippen molar-refractivity contribution in [2.45, 2.75) is 17.2 Å². The molecular weight excluding hydrogens is 452 g/mol. The molecule has 0 N–H and O–H groups in total. The van der Waals surface area contributed by atoms with Gasteiger partial charge in [0.15, 0.2) is 17.4 Å². The average Bonchev–Trinajstić information content (AvgIpc) is 2.58. The number of rotatable bonds is 4. The number of carbonyl (C=O) groups excluding carboxylic acids is 1. The van der Waals surface area contributed by atoms with Crippen LogP contribution in [0.5, 0.6) is 0 Å². The molecule has 0 aliphatic rings. The molecule has 0 atom stereocenters. The summed E-state index contributed by atoms with van der Waals surface area (Å²) in [6.45, 7) is 3.36. The van der Waals surface area contributed by atoms with Gasteiger partial charge in [-0.25, -0.2) is 17.2 Å². The molecule has 0 spiro atoms. The molecule has 0 saturated carbocycles. The Labute approximate surface area is 163 Å². The third-order valence-electron chi connectivity index (χ3n) is 3.78. The van der Waals surface area contributed by atoms with Crippen LogP contribution in [0.25, 0.3) is 6.08 Å². The number of ketones is 1. The van der Waals surface area contributed by atoms with E-state index in [1.807, 2.05) is 0 Å². The molecule has 162 valence electrons. The first kappa shape index (κ1) is 23.5. The topological polar surface area (TPSA) is 74.3 Å². The van der Waals surface area contributed by atoms with Crippen molar-refractivity contribution in [2.75, 3.05) is 0 Å². The van der Waals surface area contributed by atoms with Gasteiger partial charge in [0.25, 0.3) is 0 Å². The van der Waals surface area contributed by atoms with E-state index in [2.05, 4.69) is 6.58 Å². The van der Waals surface area contributed by atoms with Gasteiger partial charge in [-0.05, 0) is 5.56 Å². The first-order valence-electron chi connectivity index (χ1n) is 7.44. The number of halogens is 8. The molecule has 4 nitrogen and oxygen atoms in total.